The third-order valence-corrected chi connectivity index (χ3v) is 4.13. The molecule has 0 aliphatic heterocycles. The number of amides is 1. The van der Waals surface area contributed by atoms with Gasteiger partial charge in [0.05, 0.1) is 0 Å². The Hall–Kier alpha value is -2.95. The van der Waals surface area contributed by atoms with E-state index in [-0.39, 0.29) is 17.9 Å². The van der Waals surface area contributed by atoms with Gasteiger partial charge in [0.15, 0.2) is 0 Å². The predicted molar refractivity (Wildman–Crippen MR) is 101 cm³/mol. The van der Waals surface area contributed by atoms with Gasteiger partial charge >= 0.3 is 0 Å². The molecule has 26 heavy (non-hydrogen) atoms. The van der Waals surface area contributed by atoms with Crippen molar-refractivity contribution in [1.82, 2.24) is 15.5 Å². The largest absolute Gasteiger partial charge is 0.350 e. The summed E-state index contributed by atoms with van der Waals surface area (Å²) in [5, 5.41) is 7.05. The molecule has 3 rings (SSSR count). The van der Waals surface area contributed by atoms with Crippen LogP contribution in [0.2, 0.25) is 0 Å². The minimum atomic E-state index is -0.364. The highest BCUT2D eigenvalue weighted by Gasteiger charge is 2.22. The Morgan fingerprint density at radius 2 is 1.77 bits per heavy atom. The molecule has 0 saturated heterocycles. The zero-order chi connectivity index (χ0) is 18.6. The van der Waals surface area contributed by atoms with E-state index in [1.54, 1.807) is 0 Å². The molecule has 134 valence electrons. The van der Waals surface area contributed by atoms with Crippen molar-refractivity contribution in [3.8, 4) is 11.4 Å². The molecule has 0 atom stereocenters. The molecule has 0 bridgehead atoms. The number of carbonyl (C=O) groups excluding carboxylic acids is 1. The van der Waals surface area contributed by atoms with Crippen LogP contribution in [-0.2, 0) is 17.6 Å². The second-order valence-electron chi connectivity index (χ2n) is 7.10. The summed E-state index contributed by atoms with van der Waals surface area (Å²) < 4.78 is 5.26. The van der Waals surface area contributed by atoms with E-state index in [1.165, 1.54) is 5.56 Å². The van der Waals surface area contributed by atoms with Crippen LogP contribution in [-0.4, -0.2) is 21.6 Å². The number of hydrogen-bond donors (Lipinski definition) is 1. The summed E-state index contributed by atoms with van der Waals surface area (Å²) in [5.74, 6) is 0.691. The molecule has 0 radical (unpaired) electrons. The molecule has 1 heterocycles. The van der Waals surface area contributed by atoms with Gasteiger partial charge < -0.3 is 9.84 Å². The lowest BCUT2D eigenvalue weighted by molar-refractivity contribution is -0.122. The summed E-state index contributed by atoms with van der Waals surface area (Å²) in [6.45, 7) is 6.00. The number of benzene rings is 2. The van der Waals surface area contributed by atoms with Crippen LogP contribution in [0.3, 0.4) is 0 Å². The summed E-state index contributed by atoms with van der Waals surface area (Å²) in [7, 11) is 0. The molecule has 1 N–H and O–H groups in total. The SMILES string of the molecule is Cc1ccccc1-c1noc(CC(=O)NC(C)(C)Cc2ccccc2)n1. The Morgan fingerprint density at radius 1 is 1.08 bits per heavy atom. The number of hydrogen-bond acceptors (Lipinski definition) is 4. The van der Waals surface area contributed by atoms with Crippen molar-refractivity contribution in [2.75, 3.05) is 0 Å². The lowest BCUT2D eigenvalue weighted by atomic mass is 9.95. The van der Waals surface area contributed by atoms with Crippen molar-refractivity contribution >= 4 is 5.91 Å². The van der Waals surface area contributed by atoms with Gasteiger partial charge in [-0.15, -0.1) is 0 Å². The summed E-state index contributed by atoms with van der Waals surface area (Å²) in [6, 6.07) is 17.9. The van der Waals surface area contributed by atoms with Gasteiger partial charge in [0, 0.05) is 11.1 Å². The van der Waals surface area contributed by atoms with Crippen molar-refractivity contribution in [3.05, 3.63) is 71.6 Å². The molecule has 2 aromatic carbocycles. The molecular weight excluding hydrogens is 326 g/mol. The molecule has 5 heteroatoms. The maximum atomic E-state index is 12.4. The van der Waals surface area contributed by atoms with E-state index >= 15 is 0 Å². The zero-order valence-corrected chi connectivity index (χ0v) is 15.3. The molecule has 5 nitrogen and oxygen atoms in total. The van der Waals surface area contributed by atoms with Gasteiger partial charge in [-0.2, -0.15) is 4.98 Å². The van der Waals surface area contributed by atoms with Gasteiger partial charge in [0.1, 0.15) is 6.42 Å². The third kappa shape index (κ3) is 4.57. The van der Waals surface area contributed by atoms with Gasteiger partial charge in [0.2, 0.25) is 17.6 Å². The van der Waals surface area contributed by atoms with Crippen LogP contribution in [0, 0.1) is 6.92 Å². The normalized spacial score (nSPS) is 11.3. The Morgan fingerprint density at radius 3 is 2.50 bits per heavy atom. The number of nitrogens with one attached hydrogen (secondary N) is 1. The summed E-state index contributed by atoms with van der Waals surface area (Å²) >= 11 is 0. The van der Waals surface area contributed by atoms with E-state index in [4.69, 9.17) is 4.52 Å². The summed E-state index contributed by atoms with van der Waals surface area (Å²) in [6.07, 6.45) is 0.814. The Kier molecular flexibility index (Phi) is 5.16. The van der Waals surface area contributed by atoms with Gasteiger partial charge in [-0.3, -0.25) is 4.79 Å². The van der Waals surface area contributed by atoms with Gasteiger partial charge in [-0.1, -0.05) is 59.8 Å². The monoisotopic (exact) mass is 349 g/mol. The van der Waals surface area contributed by atoms with Crippen LogP contribution >= 0.6 is 0 Å². The Bertz CT molecular complexity index is 885. The standard InChI is InChI=1S/C21H23N3O2/c1-15-9-7-8-12-17(15)20-22-19(26-24-20)13-18(25)23-21(2,3)14-16-10-5-4-6-11-16/h4-12H,13-14H2,1-3H3,(H,23,25). The van der Waals surface area contributed by atoms with E-state index in [0.717, 1.165) is 17.5 Å². The van der Waals surface area contributed by atoms with Gasteiger partial charge in [-0.05, 0) is 38.3 Å². The Labute approximate surface area is 153 Å². The lowest BCUT2D eigenvalue weighted by Crippen LogP contribution is -2.45. The van der Waals surface area contributed by atoms with Crippen molar-refractivity contribution in [2.45, 2.75) is 39.2 Å². The highest BCUT2D eigenvalue weighted by Crippen LogP contribution is 2.20. The number of rotatable bonds is 6. The van der Waals surface area contributed by atoms with E-state index in [2.05, 4.69) is 27.6 Å². The Balaban J connectivity index is 1.62. The van der Waals surface area contributed by atoms with Crippen molar-refractivity contribution < 1.29 is 9.32 Å². The maximum absolute atomic E-state index is 12.4. The molecule has 0 spiro atoms. The van der Waals surface area contributed by atoms with Gasteiger partial charge in [0.25, 0.3) is 0 Å². The molecule has 0 aliphatic rings. The first-order chi connectivity index (χ1) is 12.4. The highest BCUT2D eigenvalue weighted by molar-refractivity contribution is 5.78. The average molecular weight is 349 g/mol. The van der Waals surface area contributed by atoms with Crippen molar-refractivity contribution in [2.24, 2.45) is 0 Å². The van der Waals surface area contributed by atoms with Crippen LogP contribution < -0.4 is 5.32 Å². The number of nitrogens with zero attached hydrogens (tertiary/aromatic N) is 2. The van der Waals surface area contributed by atoms with E-state index in [9.17, 15) is 4.79 Å². The maximum Gasteiger partial charge on any atom is 0.236 e. The lowest BCUT2D eigenvalue weighted by Gasteiger charge is -2.26. The minimum Gasteiger partial charge on any atom is -0.350 e. The van der Waals surface area contributed by atoms with Crippen LogP contribution in [0.4, 0.5) is 0 Å². The predicted octanol–water partition coefficient (Wildman–Crippen LogP) is 3.73. The number of carbonyl (C=O) groups is 1. The highest BCUT2D eigenvalue weighted by atomic mass is 16.5. The van der Waals surface area contributed by atoms with Crippen molar-refractivity contribution in [3.63, 3.8) is 0 Å². The quantitative estimate of drug-likeness (QED) is 0.736. The molecule has 1 aromatic heterocycles. The first-order valence-corrected chi connectivity index (χ1v) is 8.66. The molecule has 0 saturated carbocycles. The van der Waals surface area contributed by atoms with Crippen LogP contribution in [0.15, 0.2) is 59.1 Å². The van der Waals surface area contributed by atoms with Crippen LogP contribution in [0.5, 0.6) is 0 Å². The fourth-order valence-corrected chi connectivity index (χ4v) is 2.97. The first-order valence-electron chi connectivity index (χ1n) is 8.66. The van der Waals surface area contributed by atoms with Crippen LogP contribution in [0.25, 0.3) is 11.4 Å². The third-order valence-electron chi connectivity index (χ3n) is 4.13. The zero-order valence-electron chi connectivity index (χ0n) is 15.3. The minimum absolute atomic E-state index is 0.0666. The number of aryl methyl sites for hydroxylation is 1. The second-order valence-corrected chi connectivity index (χ2v) is 7.10. The molecular formula is C21H23N3O2. The summed E-state index contributed by atoms with van der Waals surface area (Å²) in [4.78, 5) is 16.7. The smallest absolute Gasteiger partial charge is 0.236 e. The second kappa shape index (κ2) is 7.52. The van der Waals surface area contributed by atoms with E-state index in [0.29, 0.717) is 11.7 Å². The molecule has 0 unspecified atom stereocenters. The number of aromatic nitrogens is 2. The van der Waals surface area contributed by atoms with Crippen molar-refractivity contribution in [1.29, 1.82) is 0 Å². The van der Waals surface area contributed by atoms with E-state index in [1.807, 2.05) is 63.2 Å². The molecule has 3 aromatic rings. The average Bonchev–Trinajstić information content (AvgIpc) is 3.03. The first kappa shape index (κ1) is 17.9. The van der Waals surface area contributed by atoms with Crippen LogP contribution in [0.1, 0.15) is 30.9 Å². The molecule has 0 fully saturated rings. The fraction of sp³-hybridized carbons (Fsp3) is 0.286. The molecule has 1 amide bonds. The summed E-state index contributed by atoms with van der Waals surface area (Å²) in [5.41, 5.74) is 2.79. The topological polar surface area (TPSA) is 68.0 Å². The van der Waals surface area contributed by atoms with Gasteiger partial charge in [-0.25, -0.2) is 0 Å². The molecule has 0 aliphatic carbocycles. The fourth-order valence-electron chi connectivity index (χ4n) is 2.97. The van der Waals surface area contributed by atoms with E-state index < -0.39 is 0 Å².